The van der Waals surface area contributed by atoms with E-state index < -0.39 is 0 Å². The van der Waals surface area contributed by atoms with Crippen molar-refractivity contribution in [2.45, 2.75) is 33.6 Å². The third-order valence-electron chi connectivity index (χ3n) is 7.98. The fourth-order valence-corrected chi connectivity index (χ4v) is 5.77. The van der Waals surface area contributed by atoms with Crippen molar-refractivity contribution in [1.29, 1.82) is 0 Å². The highest BCUT2D eigenvalue weighted by Gasteiger charge is 2.34. The van der Waals surface area contributed by atoms with Crippen LogP contribution in [0.4, 0.5) is 5.95 Å². The summed E-state index contributed by atoms with van der Waals surface area (Å²) in [6, 6.07) is 9.60. The molecule has 3 atom stereocenters. The van der Waals surface area contributed by atoms with Crippen LogP contribution in [0.25, 0.3) is 11.5 Å². The zero-order valence-electron chi connectivity index (χ0n) is 22.4. The van der Waals surface area contributed by atoms with Gasteiger partial charge in [-0.3, -0.25) is 4.90 Å². The normalized spacial score (nSPS) is 22.8. The molecule has 5 rings (SSSR count). The van der Waals surface area contributed by atoms with Gasteiger partial charge in [-0.1, -0.05) is 25.5 Å². The first-order chi connectivity index (χ1) is 18.0. The van der Waals surface area contributed by atoms with E-state index in [1.807, 2.05) is 42.7 Å². The number of benzene rings is 1. The van der Waals surface area contributed by atoms with Gasteiger partial charge in [-0.15, -0.1) is 10.2 Å². The monoisotopic (exact) mass is 502 g/mol. The molecule has 0 radical (unpaired) electrons. The Bertz CT molecular complexity index is 1170. The van der Waals surface area contributed by atoms with E-state index in [1.54, 1.807) is 7.11 Å². The number of methoxy groups -OCH3 is 1. The number of hydrogen-bond donors (Lipinski definition) is 0. The van der Waals surface area contributed by atoms with E-state index in [9.17, 15) is 0 Å². The molecule has 1 fully saturated rings. The lowest BCUT2D eigenvalue weighted by molar-refractivity contribution is 0.154. The molecule has 3 heterocycles. The molecule has 0 saturated carbocycles. The number of anilines is 1. The predicted molar refractivity (Wildman–Crippen MR) is 144 cm³/mol. The maximum absolute atomic E-state index is 6.07. The summed E-state index contributed by atoms with van der Waals surface area (Å²) < 4.78 is 11.3. The van der Waals surface area contributed by atoms with Gasteiger partial charge in [0.2, 0.25) is 17.7 Å². The number of piperazine rings is 1. The molecule has 196 valence electrons. The SMILES string of the molecule is COc1ccc(-c2nnc(C[C@@H]3C[C@@H](C(C)C)[C@H](CN4CCN(c5ncccn5)CC4)C=C3C)o2)cc1. The molecular weight excluding hydrogens is 464 g/mol. The van der Waals surface area contributed by atoms with Gasteiger partial charge < -0.3 is 14.1 Å². The summed E-state index contributed by atoms with van der Waals surface area (Å²) in [4.78, 5) is 13.7. The summed E-state index contributed by atoms with van der Waals surface area (Å²) in [6.07, 6.45) is 8.12. The van der Waals surface area contributed by atoms with Crippen molar-refractivity contribution in [3.63, 3.8) is 0 Å². The molecule has 1 aliphatic heterocycles. The highest BCUT2D eigenvalue weighted by Crippen LogP contribution is 2.39. The third-order valence-corrected chi connectivity index (χ3v) is 7.98. The molecule has 0 spiro atoms. The molecule has 3 aromatic rings. The Balaban J connectivity index is 1.21. The predicted octanol–water partition coefficient (Wildman–Crippen LogP) is 4.75. The number of aromatic nitrogens is 4. The average Bonchev–Trinajstić information content (AvgIpc) is 3.39. The Labute approximate surface area is 219 Å². The maximum Gasteiger partial charge on any atom is 0.247 e. The summed E-state index contributed by atoms with van der Waals surface area (Å²) >= 11 is 0. The van der Waals surface area contributed by atoms with Crippen molar-refractivity contribution >= 4 is 5.95 Å². The highest BCUT2D eigenvalue weighted by atomic mass is 16.5. The van der Waals surface area contributed by atoms with Crippen LogP contribution >= 0.6 is 0 Å². The van der Waals surface area contributed by atoms with Crippen molar-refractivity contribution in [1.82, 2.24) is 25.1 Å². The molecule has 2 aromatic heterocycles. The molecule has 2 aliphatic rings. The molecule has 1 aromatic carbocycles. The Hall–Kier alpha value is -3.26. The topological polar surface area (TPSA) is 80.4 Å². The van der Waals surface area contributed by atoms with Gasteiger partial charge in [0.15, 0.2) is 0 Å². The van der Waals surface area contributed by atoms with Crippen LogP contribution in [0.5, 0.6) is 5.75 Å². The molecule has 0 amide bonds. The molecule has 1 saturated heterocycles. The molecule has 0 bridgehead atoms. The van der Waals surface area contributed by atoms with E-state index in [0.717, 1.165) is 62.8 Å². The number of rotatable bonds is 8. The number of ether oxygens (including phenoxy) is 1. The lowest BCUT2D eigenvalue weighted by Crippen LogP contribution is -2.49. The largest absolute Gasteiger partial charge is 0.497 e. The van der Waals surface area contributed by atoms with Gasteiger partial charge in [-0.05, 0) is 67.3 Å². The van der Waals surface area contributed by atoms with E-state index in [0.29, 0.717) is 35.5 Å². The van der Waals surface area contributed by atoms with Gasteiger partial charge in [-0.25, -0.2) is 9.97 Å². The number of allylic oxidation sites excluding steroid dienone is 1. The van der Waals surface area contributed by atoms with Crippen molar-refractivity contribution in [3.05, 3.63) is 60.3 Å². The Morgan fingerprint density at radius 1 is 1.03 bits per heavy atom. The van der Waals surface area contributed by atoms with Gasteiger partial charge >= 0.3 is 0 Å². The lowest BCUT2D eigenvalue weighted by atomic mass is 9.69. The van der Waals surface area contributed by atoms with Crippen LogP contribution in [0.1, 0.15) is 33.1 Å². The van der Waals surface area contributed by atoms with Gasteiger partial charge in [0.1, 0.15) is 5.75 Å². The second-order valence-electron chi connectivity index (χ2n) is 10.7. The maximum atomic E-state index is 6.07. The van der Waals surface area contributed by atoms with E-state index in [4.69, 9.17) is 9.15 Å². The minimum Gasteiger partial charge on any atom is -0.497 e. The first kappa shape index (κ1) is 25.4. The van der Waals surface area contributed by atoms with Gasteiger partial charge in [0, 0.05) is 57.1 Å². The second-order valence-corrected chi connectivity index (χ2v) is 10.7. The molecule has 8 nitrogen and oxygen atoms in total. The van der Waals surface area contributed by atoms with Crippen LogP contribution in [0, 0.1) is 23.7 Å². The highest BCUT2D eigenvalue weighted by molar-refractivity contribution is 5.53. The first-order valence-electron chi connectivity index (χ1n) is 13.4. The summed E-state index contributed by atoms with van der Waals surface area (Å²) in [5, 5.41) is 8.69. The van der Waals surface area contributed by atoms with Crippen LogP contribution in [-0.2, 0) is 6.42 Å². The summed E-state index contributed by atoms with van der Waals surface area (Å²) in [5.74, 6) is 5.18. The van der Waals surface area contributed by atoms with Crippen molar-refractivity contribution in [3.8, 4) is 17.2 Å². The fourth-order valence-electron chi connectivity index (χ4n) is 5.77. The number of nitrogens with zero attached hydrogens (tertiary/aromatic N) is 6. The molecule has 1 aliphatic carbocycles. The van der Waals surface area contributed by atoms with Crippen LogP contribution in [0.15, 0.2) is 58.8 Å². The van der Waals surface area contributed by atoms with Crippen LogP contribution in [0.2, 0.25) is 0 Å². The fraction of sp³-hybridized carbons (Fsp3) is 0.517. The zero-order valence-corrected chi connectivity index (χ0v) is 22.4. The van der Waals surface area contributed by atoms with E-state index >= 15 is 0 Å². The summed E-state index contributed by atoms with van der Waals surface area (Å²) in [6.45, 7) is 12.2. The smallest absolute Gasteiger partial charge is 0.247 e. The second kappa shape index (κ2) is 11.4. The Kier molecular flexibility index (Phi) is 7.84. The first-order valence-corrected chi connectivity index (χ1v) is 13.4. The molecule has 8 heteroatoms. The molecule has 0 N–H and O–H groups in total. The molecule has 37 heavy (non-hydrogen) atoms. The van der Waals surface area contributed by atoms with Crippen LogP contribution in [0.3, 0.4) is 0 Å². The zero-order chi connectivity index (χ0) is 25.8. The quantitative estimate of drug-likeness (QED) is 0.408. The Morgan fingerprint density at radius 2 is 1.76 bits per heavy atom. The molecular formula is C29H38N6O2. The number of hydrogen-bond acceptors (Lipinski definition) is 8. The van der Waals surface area contributed by atoms with Crippen molar-refractivity contribution < 1.29 is 9.15 Å². The van der Waals surface area contributed by atoms with E-state index in [-0.39, 0.29) is 0 Å². The van der Waals surface area contributed by atoms with Gasteiger partial charge in [-0.2, -0.15) is 0 Å². The van der Waals surface area contributed by atoms with E-state index in [1.165, 1.54) is 5.57 Å². The Morgan fingerprint density at radius 3 is 2.43 bits per heavy atom. The average molecular weight is 503 g/mol. The van der Waals surface area contributed by atoms with Crippen molar-refractivity contribution in [2.24, 2.45) is 23.7 Å². The third kappa shape index (κ3) is 6.01. The summed E-state index contributed by atoms with van der Waals surface area (Å²) in [5.41, 5.74) is 2.36. The van der Waals surface area contributed by atoms with Gasteiger partial charge in [0.05, 0.1) is 7.11 Å². The lowest BCUT2D eigenvalue weighted by Gasteiger charge is -2.41. The van der Waals surface area contributed by atoms with E-state index in [2.05, 4.69) is 56.8 Å². The van der Waals surface area contributed by atoms with Crippen molar-refractivity contribution in [2.75, 3.05) is 44.7 Å². The van der Waals surface area contributed by atoms with Gasteiger partial charge in [0.25, 0.3) is 0 Å². The molecule has 0 unspecified atom stereocenters. The van der Waals surface area contributed by atoms with Crippen LogP contribution < -0.4 is 9.64 Å². The standard InChI is InChI=1S/C29H38N6O2/c1-20(2)26-17-23(18-27-32-33-28(37-27)22-6-8-25(36-4)9-7-22)21(3)16-24(26)19-34-12-14-35(15-13-34)29-30-10-5-11-31-29/h5-11,16,20,23-24,26H,12-15,17-19H2,1-4H3/t23-,24-,26-/m0/s1. The summed E-state index contributed by atoms with van der Waals surface area (Å²) in [7, 11) is 1.66. The minimum atomic E-state index is 0.430. The van der Waals surface area contributed by atoms with Crippen LogP contribution in [-0.4, -0.2) is 64.9 Å². The minimum absolute atomic E-state index is 0.430.